The Morgan fingerprint density at radius 3 is 1.39 bits per heavy atom. The molecule has 0 aliphatic carbocycles. The van der Waals surface area contributed by atoms with Gasteiger partial charge in [0.25, 0.3) is 0 Å². The minimum atomic E-state index is -5.78. The lowest BCUT2D eigenvalue weighted by Gasteiger charge is -2.35. The van der Waals surface area contributed by atoms with E-state index in [0.717, 1.165) is 5.56 Å². The second kappa shape index (κ2) is 8.33. The van der Waals surface area contributed by atoms with Gasteiger partial charge in [-0.05, 0) is 47.4 Å². The average Bonchev–Trinajstić information content (AvgIpc) is 2.72. The highest BCUT2D eigenvalue weighted by atomic mass is 32.3. The monoisotopic (exact) mass is 469 g/mol. The summed E-state index contributed by atoms with van der Waals surface area (Å²) in [6.07, 6.45) is 0. The topological polar surface area (TPSA) is 46.9 Å². The van der Waals surface area contributed by atoms with Crippen molar-refractivity contribution < 1.29 is 25.2 Å². The highest BCUT2D eigenvalue weighted by Gasteiger charge is 2.57. The third kappa shape index (κ3) is 4.66. The maximum atomic E-state index is 13.5. The van der Waals surface area contributed by atoms with Crippen molar-refractivity contribution in [2.45, 2.75) is 46.4 Å². The quantitative estimate of drug-likeness (QED) is 0.227. The molecule has 0 radical (unpaired) electrons. The SMILES string of the molecule is CC(C)(C)c1ccc(S([OH+]S(=O)(=O)C(F)(F)F)(c2ccccc2)c2ccccc2)cc1. The maximum absolute atomic E-state index is 13.5. The van der Waals surface area contributed by atoms with Crippen LogP contribution in [-0.2, 0) is 15.5 Å². The third-order valence-electron chi connectivity index (χ3n) is 4.73. The Kier molecular flexibility index (Phi) is 6.28. The summed E-state index contributed by atoms with van der Waals surface area (Å²) in [6, 6.07) is 23.6. The predicted molar refractivity (Wildman–Crippen MR) is 118 cm³/mol. The first kappa shape index (κ1) is 23.4. The van der Waals surface area contributed by atoms with E-state index in [9.17, 15) is 21.6 Å². The summed E-state index contributed by atoms with van der Waals surface area (Å²) in [7, 11) is -8.89. The molecule has 3 aromatic rings. The fourth-order valence-corrected chi connectivity index (χ4v) is 8.11. The summed E-state index contributed by atoms with van der Waals surface area (Å²) in [5.41, 5.74) is -4.70. The summed E-state index contributed by atoms with van der Waals surface area (Å²) in [6.45, 7) is 6.07. The van der Waals surface area contributed by atoms with E-state index in [-0.39, 0.29) is 5.41 Å². The molecule has 0 aliphatic heterocycles. The van der Waals surface area contributed by atoms with Crippen LogP contribution in [0.15, 0.2) is 99.6 Å². The van der Waals surface area contributed by atoms with Crippen molar-refractivity contribution in [1.29, 1.82) is 0 Å². The molecule has 0 unspecified atom stereocenters. The zero-order valence-electron chi connectivity index (χ0n) is 17.3. The summed E-state index contributed by atoms with van der Waals surface area (Å²) in [5, 5.41) is 0. The smallest absolute Gasteiger partial charge is 0.255 e. The Labute approximate surface area is 182 Å². The Morgan fingerprint density at radius 2 is 1.03 bits per heavy atom. The van der Waals surface area contributed by atoms with E-state index in [0.29, 0.717) is 14.7 Å². The van der Waals surface area contributed by atoms with Crippen LogP contribution >= 0.6 is 10.3 Å². The van der Waals surface area contributed by atoms with E-state index in [2.05, 4.69) is 3.63 Å². The Morgan fingerprint density at radius 1 is 0.645 bits per heavy atom. The van der Waals surface area contributed by atoms with Gasteiger partial charge in [-0.3, -0.25) is 3.63 Å². The molecule has 0 amide bonds. The van der Waals surface area contributed by atoms with Crippen molar-refractivity contribution >= 4 is 20.4 Å². The lowest BCUT2D eigenvalue weighted by molar-refractivity contribution is -0.0540. The van der Waals surface area contributed by atoms with Gasteiger partial charge in [0, 0.05) is 0 Å². The summed E-state index contributed by atoms with van der Waals surface area (Å²) in [4.78, 5) is 1.21. The minimum Gasteiger partial charge on any atom is -0.255 e. The van der Waals surface area contributed by atoms with Gasteiger partial charge in [0.05, 0.1) is 25.0 Å². The van der Waals surface area contributed by atoms with Gasteiger partial charge in [-0.25, -0.2) is 0 Å². The van der Waals surface area contributed by atoms with Gasteiger partial charge in [-0.1, -0.05) is 69.3 Å². The highest BCUT2D eigenvalue weighted by molar-refractivity contribution is 8.32. The lowest BCUT2D eigenvalue weighted by atomic mass is 9.87. The first-order valence-corrected chi connectivity index (χ1v) is 12.5. The number of hydrogen-bond donors (Lipinski definition) is 0. The zero-order chi connectivity index (χ0) is 22.9. The second-order valence-electron chi connectivity index (χ2n) is 7.98. The van der Waals surface area contributed by atoms with Crippen LogP contribution in [0.4, 0.5) is 13.2 Å². The van der Waals surface area contributed by atoms with E-state index in [1.165, 1.54) is 0 Å². The Balaban J connectivity index is 2.36. The van der Waals surface area contributed by atoms with Crippen LogP contribution in [0.2, 0.25) is 0 Å². The van der Waals surface area contributed by atoms with Crippen molar-refractivity contribution in [2.75, 3.05) is 0 Å². The van der Waals surface area contributed by atoms with Gasteiger partial charge in [0.1, 0.15) is 0 Å². The molecule has 0 saturated carbocycles. The van der Waals surface area contributed by atoms with Gasteiger partial charge < -0.3 is 0 Å². The van der Waals surface area contributed by atoms with E-state index < -0.39 is 25.9 Å². The molecule has 0 bridgehead atoms. The molecule has 8 heteroatoms. The lowest BCUT2D eigenvalue weighted by Crippen LogP contribution is -2.30. The maximum Gasteiger partial charge on any atom is 0.572 e. The molecular formula is C23H24F3O3S2+. The molecular weight excluding hydrogens is 445 g/mol. The molecule has 0 heterocycles. The van der Waals surface area contributed by atoms with Crippen molar-refractivity contribution in [2.24, 2.45) is 0 Å². The average molecular weight is 470 g/mol. The van der Waals surface area contributed by atoms with Crippen molar-refractivity contribution in [1.82, 2.24) is 0 Å². The molecule has 31 heavy (non-hydrogen) atoms. The van der Waals surface area contributed by atoms with Crippen LogP contribution in [0.1, 0.15) is 26.3 Å². The number of alkyl halides is 3. The first-order chi connectivity index (χ1) is 14.4. The Hall–Kier alpha value is -2.29. The van der Waals surface area contributed by atoms with E-state index in [1.54, 1.807) is 72.8 Å². The van der Waals surface area contributed by atoms with Crippen LogP contribution < -0.4 is 0 Å². The summed E-state index contributed by atoms with van der Waals surface area (Å²) < 4.78 is 68.7. The molecule has 1 N–H and O–H groups in total. The molecule has 0 saturated heterocycles. The summed E-state index contributed by atoms with van der Waals surface area (Å²) >= 11 is 0. The van der Waals surface area contributed by atoms with Crippen LogP contribution in [-0.4, -0.2) is 17.6 Å². The van der Waals surface area contributed by atoms with E-state index in [1.807, 2.05) is 32.9 Å². The molecule has 166 valence electrons. The van der Waals surface area contributed by atoms with Crippen molar-refractivity contribution in [3.05, 3.63) is 90.5 Å². The molecule has 3 nitrogen and oxygen atoms in total. The number of benzene rings is 3. The van der Waals surface area contributed by atoms with Gasteiger partial charge in [-0.15, -0.1) is 8.42 Å². The molecule has 0 spiro atoms. The second-order valence-corrected chi connectivity index (χ2v) is 12.6. The van der Waals surface area contributed by atoms with Gasteiger partial charge in [0.15, 0.2) is 0 Å². The number of hydrogen-bond acceptors (Lipinski definition) is 2. The first-order valence-electron chi connectivity index (χ1n) is 9.47. The molecule has 0 aliphatic rings. The standard InChI is InChI=1S/C23H23F3O3S2/c1-22(2,3)18-14-16-21(17-15-18)30(19-10-6-4-7-11-19,20-12-8-5-9-13-20)29-31(27,28)23(24,25)26/h4-17H,1-3H3/p+1. The van der Waals surface area contributed by atoms with Gasteiger partial charge in [0.2, 0.25) is 0 Å². The van der Waals surface area contributed by atoms with Gasteiger partial charge in [-0.2, -0.15) is 13.2 Å². The minimum absolute atomic E-state index is 0.175. The van der Waals surface area contributed by atoms with Crippen LogP contribution in [0, 0.1) is 0 Å². The highest BCUT2D eigenvalue weighted by Crippen LogP contribution is 2.68. The molecule has 0 fully saturated rings. The molecule has 3 aromatic carbocycles. The number of halogens is 3. The number of rotatable bonds is 5. The molecule has 0 atom stereocenters. The zero-order valence-corrected chi connectivity index (χ0v) is 18.9. The van der Waals surface area contributed by atoms with Crippen LogP contribution in [0.3, 0.4) is 0 Å². The van der Waals surface area contributed by atoms with Crippen LogP contribution in [0.25, 0.3) is 0 Å². The molecule has 0 aromatic heterocycles. The Bertz CT molecular complexity index is 1080. The summed E-state index contributed by atoms with van der Waals surface area (Å²) in [5.74, 6) is 0. The largest absolute Gasteiger partial charge is 0.572 e. The predicted octanol–water partition coefficient (Wildman–Crippen LogP) is 7.12. The fourth-order valence-electron chi connectivity index (χ4n) is 3.11. The normalized spacial score (nSPS) is 13.7. The van der Waals surface area contributed by atoms with E-state index >= 15 is 0 Å². The molecule has 3 rings (SSSR count). The van der Waals surface area contributed by atoms with Crippen molar-refractivity contribution in [3.8, 4) is 0 Å². The van der Waals surface area contributed by atoms with Crippen molar-refractivity contribution in [3.63, 3.8) is 0 Å². The van der Waals surface area contributed by atoms with Crippen LogP contribution in [0.5, 0.6) is 0 Å². The fraction of sp³-hybridized carbons (Fsp3) is 0.217. The third-order valence-corrected chi connectivity index (χ3v) is 9.86. The van der Waals surface area contributed by atoms with E-state index in [4.69, 9.17) is 0 Å². The van der Waals surface area contributed by atoms with Gasteiger partial charge >= 0.3 is 15.6 Å².